The minimum atomic E-state index is 0.311. The molecule has 0 radical (unpaired) electrons. The number of nitrogens with one attached hydrogen (secondary N) is 1. The highest BCUT2D eigenvalue weighted by atomic mass is 16.5. The lowest BCUT2D eigenvalue weighted by Crippen LogP contribution is -2.09. The Morgan fingerprint density at radius 1 is 1.07 bits per heavy atom. The van der Waals surface area contributed by atoms with Gasteiger partial charge in [-0.15, -0.1) is 0 Å². The van der Waals surface area contributed by atoms with Crippen molar-refractivity contribution < 1.29 is 9.84 Å². The molecule has 160 valence electrons. The van der Waals surface area contributed by atoms with Gasteiger partial charge in [-0.1, -0.05) is 57.6 Å². The highest BCUT2D eigenvalue weighted by Crippen LogP contribution is 2.45. The van der Waals surface area contributed by atoms with Gasteiger partial charge in [0.25, 0.3) is 0 Å². The molecule has 2 N–H and O–H groups in total. The smallest absolute Gasteiger partial charge is 0.119 e. The second-order valence-electron chi connectivity index (χ2n) is 8.81. The first-order valence-electron chi connectivity index (χ1n) is 11.7. The summed E-state index contributed by atoms with van der Waals surface area (Å²) in [6.07, 6.45) is 13.0. The van der Waals surface area contributed by atoms with Crippen LogP contribution in [0.4, 0.5) is 0 Å². The summed E-state index contributed by atoms with van der Waals surface area (Å²) in [7, 11) is 1.70. The molecule has 0 fully saturated rings. The SMILES string of the molecule is CCCCCCCCC1CCCc2[nH]c3cc(O)cc(-c4cccc(OC)c4)c3c21. The Morgan fingerprint density at radius 3 is 2.73 bits per heavy atom. The molecule has 0 spiro atoms. The number of ether oxygens (including phenoxy) is 1. The average Bonchev–Trinajstić information content (AvgIpc) is 3.14. The molecule has 3 nitrogen and oxygen atoms in total. The van der Waals surface area contributed by atoms with Gasteiger partial charge in [0.1, 0.15) is 11.5 Å². The molecule has 0 bridgehead atoms. The van der Waals surface area contributed by atoms with Crippen LogP contribution in [0.15, 0.2) is 36.4 Å². The van der Waals surface area contributed by atoms with Gasteiger partial charge in [0.15, 0.2) is 0 Å². The molecule has 1 aromatic heterocycles. The first-order chi connectivity index (χ1) is 14.7. The quantitative estimate of drug-likeness (QED) is 0.358. The molecule has 0 saturated carbocycles. The summed E-state index contributed by atoms with van der Waals surface area (Å²) in [6.45, 7) is 2.28. The molecule has 1 atom stereocenters. The number of aromatic hydroxyl groups is 1. The van der Waals surface area contributed by atoms with E-state index in [2.05, 4.69) is 24.0 Å². The largest absolute Gasteiger partial charge is 0.508 e. The summed E-state index contributed by atoms with van der Waals surface area (Å²) in [5, 5.41) is 11.7. The van der Waals surface area contributed by atoms with Crippen molar-refractivity contribution in [3.63, 3.8) is 0 Å². The number of methoxy groups -OCH3 is 1. The van der Waals surface area contributed by atoms with Gasteiger partial charge in [-0.3, -0.25) is 0 Å². The summed E-state index contributed by atoms with van der Waals surface area (Å²) < 4.78 is 5.46. The third-order valence-corrected chi connectivity index (χ3v) is 6.68. The van der Waals surface area contributed by atoms with Gasteiger partial charge >= 0.3 is 0 Å². The van der Waals surface area contributed by atoms with Gasteiger partial charge in [-0.2, -0.15) is 0 Å². The molecule has 1 aliphatic carbocycles. The van der Waals surface area contributed by atoms with Crippen LogP contribution >= 0.6 is 0 Å². The maximum absolute atomic E-state index is 10.4. The van der Waals surface area contributed by atoms with E-state index in [0.29, 0.717) is 11.7 Å². The van der Waals surface area contributed by atoms with Crippen LogP contribution in [0.3, 0.4) is 0 Å². The van der Waals surface area contributed by atoms with Crippen LogP contribution in [0, 0.1) is 0 Å². The number of benzene rings is 2. The number of phenols is 1. The van der Waals surface area contributed by atoms with E-state index in [1.165, 1.54) is 74.4 Å². The number of hydrogen-bond donors (Lipinski definition) is 2. The van der Waals surface area contributed by atoms with E-state index >= 15 is 0 Å². The van der Waals surface area contributed by atoms with Crippen LogP contribution in [-0.2, 0) is 6.42 Å². The fourth-order valence-electron chi connectivity index (χ4n) is 5.19. The van der Waals surface area contributed by atoms with Crippen LogP contribution in [0.25, 0.3) is 22.0 Å². The van der Waals surface area contributed by atoms with Crippen molar-refractivity contribution in [1.82, 2.24) is 4.98 Å². The zero-order valence-corrected chi connectivity index (χ0v) is 18.5. The highest BCUT2D eigenvalue weighted by Gasteiger charge is 2.26. The average molecular weight is 406 g/mol. The minimum Gasteiger partial charge on any atom is -0.508 e. The minimum absolute atomic E-state index is 0.311. The summed E-state index contributed by atoms with van der Waals surface area (Å²) in [5.74, 6) is 1.77. The Hall–Kier alpha value is -2.42. The Kier molecular flexibility index (Phi) is 6.66. The molecular formula is C27H35NO2. The van der Waals surface area contributed by atoms with E-state index in [-0.39, 0.29) is 0 Å². The number of rotatable bonds is 9. The Labute approximate surface area is 180 Å². The van der Waals surface area contributed by atoms with Gasteiger partial charge < -0.3 is 14.8 Å². The summed E-state index contributed by atoms with van der Waals surface area (Å²) in [6, 6.07) is 12.0. The number of phenolic OH excluding ortho intramolecular Hbond substituents is 1. The predicted octanol–water partition coefficient (Wildman–Crippen LogP) is 7.72. The molecule has 3 aromatic rings. The lowest BCUT2D eigenvalue weighted by Gasteiger charge is -2.24. The third kappa shape index (κ3) is 4.35. The molecule has 3 heteroatoms. The topological polar surface area (TPSA) is 45.2 Å². The second kappa shape index (κ2) is 9.59. The van der Waals surface area contributed by atoms with Crippen LogP contribution in [0.2, 0.25) is 0 Å². The van der Waals surface area contributed by atoms with Crippen LogP contribution in [-0.4, -0.2) is 17.2 Å². The number of H-pyrrole nitrogens is 1. The monoisotopic (exact) mass is 405 g/mol. The normalized spacial score (nSPS) is 16.0. The van der Waals surface area contributed by atoms with Crippen molar-refractivity contribution in [2.75, 3.05) is 7.11 Å². The van der Waals surface area contributed by atoms with Crippen LogP contribution in [0.1, 0.15) is 81.9 Å². The molecular weight excluding hydrogens is 370 g/mol. The van der Waals surface area contributed by atoms with E-state index in [0.717, 1.165) is 28.8 Å². The van der Waals surface area contributed by atoms with Crippen LogP contribution < -0.4 is 4.74 Å². The lowest BCUT2D eigenvalue weighted by molar-refractivity contribution is 0.415. The van der Waals surface area contributed by atoms with Gasteiger partial charge in [-0.25, -0.2) is 0 Å². The third-order valence-electron chi connectivity index (χ3n) is 6.68. The number of unbranched alkanes of at least 4 members (excludes halogenated alkanes) is 5. The lowest BCUT2D eigenvalue weighted by atomic mass is 9.80. The fraction of sp³-hybridized carbons (Fsp3) is 0.481. The fourth-order valence-corrected chi connectivity index (χ4v) is 5.19. The first-order valence-corrected chi connectivity index (χ1v) is 11.7. The standard InChI is InChI=1S/C27H35NO2/c1-3-4-5-6-7-8-11-19-12-10-15-24-26(19)27-23(17-21(29)18-25(27)28-24)20-13-9-14-22(16-20)30-2/h9,13-14,16-19,28-29H,3-8,10-12,15H2,1-2H3. The molecule has 1 unspecified atom stereocenters. The number of aromatic nitrogens is 1. The summed E-state index contributed by atoms with van der Waals surface area (Å²) >= 11 is 0. The molecule has 0 aliphatic heterocycles. The van der Waals surface area contributed by atoms with Gasteiger partial charge in [0.05, 0.1) is 12.6 Å². The summed E-state index contributed by atoms with van der Waals surface area (Å²) in [5.41, 5.74) is 6.15. The number of hydrogen-bond acceptors (Lipinski definition) is 2. The number of aromatic amines is 1. The van der Waals surface area contributed by atoms with Crippen LogP contribution in [0.5, 0.6) is 11.5 Å². The molecule has 4 rings (SSSR count). The molecule has 0 amide bonds. The maximum Gasteiger partial charge on any atom is 0.119 e. The molecule has 1 heterocycles. The summed E-state index contributed by atoms with van der Waals surface area (Å²) in [4.78, 5) is 3.65. The second-order valence-corrected chi connectivity index (χ2v) is 8.81. The predicted molar refractivity (Wildman–Crippen MR) is 126 cm³/mol. The number of fused-ring (bicyclic) bond motifs is 3. The van der Waals surface area contributed by atoms with E-state index in [1.54, 1.807) is 7.11 Å². The Bertz CT molecular complexity index is 988. The Morgan fingerprint density at radius 2 is 1.90 bits per heavy atom. The highest BCUT2D eigenvalue weighted by molar-refractivity contribution is 6.00. The van der Waals surface area contributed by atoms with Crippen molar-refractivity contribution in [2.24, 2.45) is 0 Å². The van der Waals surface area contributed by atoms with E-state index in [9.17, 15) is 5.11 Å². The van der Waals surface area contributed by atoms with Crippen molar-refractivity contribution in [2.45, 2.75) is 77.0 Å². The maximum atomic E-state index is 10.4. The van der Waals surface area contributed by atoms with Crippen molar-refractivity contribution in [1.29, 1.82) is 0 Å². The zero-order chi connectivity index (χ0) is 20.9. The van der Waals surface area contributed by atoms with Crippen molar-refractivity contribution in [3.05, 3.63) is 47.7 Å². The molecule has 0 saturated heterocycles. The van der Waals surface area contributed by atoms with E-state index in [1.807, 2.05) is 24.3 Å². The van der Waals surface area contributed by atoms with E-state index < -0.39 is 0 Å². The Balaban J connectivity index is 1.68. The van der Waals surface area contributed by atoms with Gasteiger partial charge in [-0.05, 0) is 66.5 Å². The first kappa shape index (κ1) is 20.8. The van der Waals surface area contributed by atoms with Crippen molar-refractivity contribution >= 4 is 10.9 Å². The van der Waals surface area contributed by atoms with Gasteiger partial charge in [0, 0.05) is 17.1 Å². The molecule has 2 aromatic carbocycles. The number of aryl methyl sites for hydroxylation is 1. The zero-order valence-electron chi connectivity index (χ0n) is 18.5. The van der Waals surface area contributed by atoms with Gasteiger partial charge in [0.2, 0.25) is 0 Å². The van der Waals surface area contributed by atoms with E-state index in [4.69, 9.17) is 4.74 Å². The van der Waals surface area contributed by atoms with Crippen molar-refractivity contribution in [3.8, 4) is 22.6 Å². The molecule has 30 heavy (non-hydrogen) atoms. The molecule has 1 aliphatic rings.